The Balaban J connectivity index is 1.14. The van der Waals surface area contributed by atoms with Crippen molar-refractivity contribution in [1.82, 2.24) is 19.5 Å². The molecule has 0 saturated heterocycles. The van der Waals surface area contributed by atoms with Crippen molar-refractivity contribution in [2.75, 3.05) is 0 Å². The molecular formula is C51H32N4O. The van der Waals surface area contributed by atoms with Crippen LogP contribution in [0.5, 0.6) is 0 Å². The van der Waals surface area contributed by atoms with Crippen molar-refractivity contribution >= 4 is 43.7 Å². The lowest BCUT2D eigenvalue weighted by atomic mass is 9.94. The van der Waals surface area contributed by atoms with E-state index in [0.717, 1.165) is 60.9 Å². The standard InChI is InChI=1S/C51H32N4O/c1-5-16-33(17-6-1)38-31-41(34-18-7-2-8-19-34)47-40-24-13-14-26-43(40)55(45(47)32-38)44-27-15-25-39-42-30-37(28-29-46(42)56-48(39)44)51-53-49(35-20-9-3-10-21-35)52-50(54-51)36-22-11-4-12-23-36/h1-32H. The molecule has 5 heteroatoms. The number of rotatable bonds is 6. The molecule has 0 N–H and O–H groups in total. The largest absolute Gasteiger partial charge is 0.454 e. The van der Waals surface area contributed by atoms with E-state index in [-0.39, 0.29) is 0 Å². The normalized spacial score (nSPS) is 11.6. The minimum atomic E-state index is 0.606. The Hall–Kier alpha value is -7.63. The molecule has 8 aromatic carbocycles. The van der Waals surface area contributed by atoms with Gasteiger partial charge < -0.3 is 8.98 Å². The first-order valence-corrected chi connectivity index (χ1v) is 18.8. The summed E-state index contributed by atoms with van der Waals surface area (Å²) in [5.41, 5.74) is 12.3. The van der Waals surface area contributed by atoms with Crippen LogP contribution in [0.15, 0.2) is 199 Å². The van der Waals surface area contributed by atoms with Gasteiger partial charge in [0.15, 0.2) is 23.1 Å². The smallest absolute Gasteiger partial charge is 0.164 e. The molecule has 0 fully saturated rings. The molecule has 3 aromatic heterocycles. The Labute approximate surface area is 322 Å². The van der Waals surface area contributed by atoms with Gasteiger partial charge in [0.25, 0.3) is 0 Å². The van der Waals surface area contributed by atoms with Gasteiger partial charge in [-0.15, -0.1) is 0 Å². The van der Waals surface area contributed by atoms with Gasteiger partial charge in [-0.3, -0.25) is 0 Å². The Morgan fingerprint density at radius 3 is 1.57 bits per heavy atom. The van der Waals surface area contributed by atoms with Crippen molar-refractivity contribution in [3.05, 3.63) is 194 Å². The van der Waals surface area contributed by atoms with Crippen LogP contribution in [0, 0.1) is 0 Å². The first kappa shape index (κ1) is 31.9. The summed E-state index contributed by atoms with van der Waals surface area (Å²) in [4.78, 5) is 14.9. The van der Waals surface area contributed by atoms with Crippen LogP contribution in [0.4, 0.5) is 0 Å². The molecule has 0 aliphatic heterocycles. The van der Waals surface area contributed by atoms with Gasteiger partial charge in [0, 0.05) is 38.2 Å². The summed E-state index contributed by atoms with van der Waals surface area (Å²) in [7, 11) is 0. The zero-order chi connectivity index (χ0) is 37.0. The molecular weight excluding hydrogens is 685 g/mol. The lowest BCUT2D eigenvalue weighted by Crippen LogP contribution is -2.00. The molecule has 0 atom stereocenters. The lowest BCUT2D eigenvalue weighted by Gasteiger charge is -2.12. The van der Waals surface area contributed by atoms with Crippen molar-refractivity contribution in [1.29, 1.82) is 0 Å². The van der Waals surface area contributed by atoms with Crippen LogP contribution in [0.1, 0.15) is 0 Å². The quantitative estimate of drug-likeness (QED) is 0.172. The number of nitrogens with zero attached hydrogens (tertiary/aromatic N) is 4. The van der Waals surface area contributed by atoms with E-state index in [1.54, 1.807) is 0 Å². The summed E-state index contributed by atoms with van der Waals surface area (Å²) >= 11 is 0. The van der Waals surface area contributed by atoms with Crippen LogP contribution < -0.4 is 0 Å². The lowest BCUT2D eigenvalue weighted by molar-refractivity contribution is 0.666. The number of hydrogen-bond acceptors (Lipinski definition) is 4. The van der Waals surface area contributed by atoms with Crippen LogP contribution in [0.25, 0.3) is 106 Å². The van der Waals surface area contributed by atoms with Crippen molar-refractivity contribution < 1.29 is 4.42 Å². The molecule has 5 nitrogen and oxygen atoms in total. The van der Waals surface area contributed by atoms with Crippen LogP contribution in [-0.4, -0.2) is 19.5 Å². The van der Waals surface area contributed by atoms with Crippen LogP contribution in [0.3, 0.4) is 0 Å². The van der Waals surface area contributed by atoms with E-state index >= 15 is 0 Å². The highest BCUT2D eigenvalue weighted by Gasteiger charge is 2.22. The average Bonchev–Trinajstić information content (AvgIpc) is 3.83. The van der Waals surface area contributed by atoms with E-state index in [9.17, 15) is 0 Å². The van der Waals surface area contributed by atoms with Gasteiger partial charge in [-0.1, -0.05) is 152 Å². The highest BCUT2D eigenvalue weighted by atomic mass is 16.3. The molecule has 0 bridgehead atoms. The fourth-order valence-electron chi connectivity index (χ4n) is 8.03. The predicted molar refractivity (Wildman–Crippen MR) is 229 cm³/mol. The topological polar surface area (TPSA) is 56.7 Å². The molecule has 0 spiro atoms. The number of para-hydroxylation sites is 2. The minimum absolute atomic E-state index is 0.606. The maximum atomic E-state index is 6.84. The van der Waals surface area contributed by atoms with Crippen molar-refractivity contribution in [2.45, 2.75) is 0 Å². The minimum Gasteiger partial charge on any atom is -0.454 e. The molecule has 11 rings (SSSR count). The molecule has 11 aromatic rings. The fraction of sp³-hybridized carbons (Fsp3) is 0. The van der Waals surface area contributed by atoms with Gasteiger partial charge in [-0.25, -0.2) is 15.0 Å². The van der Waals surface area contributed by atoms with Crippen molar-refractivity contribution in [3.63, 3.8) is 0 Å². The van der Waals surface area contributed by atoms with E-state index in [0.29, 0.717) is 17.5 Å². The molecule has 0 aliphatic carbocycles. The summed E-state index contributed by atoms with van der Waals surface area (Å²) in [5, 5.41) is 4.42. The van der Waals surface area contributed by atoms with Gasteiger partial charge >= 0.3 is 0 Å². The van der Waals surface area contributed by atoms with Crippen molar-refractivity contribution in [3.8, 4) is 62.1 Å². The predicted octanol–water partition coefficient (Wildman–Crippen LogP) is 13.2. The third-order valence-electron chi connectivity index (χ3n) is 10.6. The van der Waals surface area contributed by atoms with Gasteiger partial charge in [0.1, 0.15) is 5.58 Å². The Morgan fingerprint density at radius 1 is 0.357 bits per heavy atom. The molecule has 0 unspecified atom stereocenters. The van der Waals surface area contributed by atoms with Gasteiger partial charge in [0.2, 0.25) is 0 Å². The van der Waals surface area contributed by atoms with E-state index in [1.165, 1.54) is 27.5 Å². The molecule has 56 heavy (non-hydrogen) atoms. The van der Waals surface area contributed by atoms with E-state index < -0.39 is 0 Å². The summed E-state index contributed by atoms with van der Waals surface area (Å²) < 4.78 is 9.21. The number of fused-ring (bicyclic) bond motifs is 6. The third kappa shape index (κ3) is 5.29. The monoisotopic (exact) mass is 716 g/mol. The van der Waals surface area contributed by atoms with E-state index in [2.05, 4.69) is 126 Å². The number of aromatic nitrogens is 4. The Kier molecular flexibility index (Phi) is 7.42. The molecule has 0 radical (unpaired) electrons. The summed E-state index contributed by atoms with van der Waals surface area (Å²) in [6, 6.07) is 67.5. The molecule has 262 valence electrons. The highest BCUT2D eigenvalue weighted by molar-refractivity contribution is 6.18. The van der Waals surface area contributed by atoms with Crippen molar-refractivity contribution in [2.24, 2.45) is 0 Å². The number of furan rings is 1. The van der Waals surface area contributed by atoms with Gasteiger partial charge in [0.05, 0.1) is 16.7 Å². The second-order valence-electron chi connectivity index (χ2n) is 14.0. The summed E-state index contributed by atoms with van der Waals surface area (Å²) in [5.74, 6) is 1.87. The first-order chi connectivity index (χ1) is 27.8. The summed E-state index contributed by atoms with van der Waals surface area (Å²) in [6.45, 7) is 0. The van der Waals surface area contributed by atoms with Crippen LogP contribution in [-0.2, 0) is 0 Å². The molecule has 0 aliphatic rings. The zero-order valence-corrected chi connectivity index (χ0v) is 30.2. The van der Waals surface area contributed by atoms with Gasteiger partial charge in [-0.05, 0) is 64.7 Å². The Bertz CT molecular complexity index is 3170. The second kappa shape index (κ2) is 13.0. The maximum absolute atomic E-state index is 6.84. The SMILES string of the molecule is c1ccc(-c2cc(-c3ccccc3)c3c4ccccc4n(-c4cccc5c4oc4ccc(-c6nc(-c7ccccc7)nc(-c7ccccc7)n6)cc45)c3c2)cc1. The first-order valence-electron chi connectivity index (χ1n) is 18.8. The second-order valence-corrected chi connectivity index (χ2v) is 14.0. The zero-order valence-electron chi connectivity index (χ0n) is 30.2. The van der Waals surface area contributed by atoms with Crippen LogP contribution >= 0.6 is 0 Å². The third-order valence-corrected chi connectivity index (χ3v) is 10.6. The number of hydrogen-bond donors (Lipinski definition) is 0. The summed E-state index contributed by atoms with van der Waals surface area (Å²) in [6.07, 6.45) is 0. The highest BCUT2D eigenvalue weighted by Crippen LogP contribution is 2.44. The Morgan fingerprint density at radius 2 is 0.911 bits per heavy atom. The maximum Gasteiger partial charge on any atom is 0.164 e. The van der Waals surface area contributed by atoms with Gasteiger partial charge in [-0.2, -0.15) is 0 Å². The molecule has 0 amide bonds. The van der Waals surface area contributed by atoms with Crippen LogP contribution in [0.2, 0.25) is 0 Å². The molecule has 3 heterocycles. The molecule has 0 saturated carbocycles. The number of benzene rings is 8. The fourth-order valence-corrected chi connectivity index (χ4v) is 8.03. The average molecular weight is 717 g/mol. The van der Waals surface area contributed by atoms with E-state index in [1.807, 2.05) is 72.8 Å². The van der Waals surface area contributed by atoms with E-state index in [4.69, 9.17) is 19.4 Å².